The number of hydrogen-bond acceptors (Lipinski definition) is 1. The molecule has 0 unspecified atom stereocenters. The van der Waals surface area contributed by atoms with Crippen molar-refractivity contribution in [1.29, 1.82) is 0 Å². The van der Waals surface area contributed by atoms with Crippen molar-refractivity contribution in [3.05, 3.63) is 42.2 Å². The van der Waals surface area contributed by atoms with Crippen molar-refractivity contribution >= 4 is 0 Å². The Kier molecular flexibility index (Phi) is 2.98. The Bertz CT molecular complexity index is 318. The van der Waals surface area contributed by atoms with Crippen LogP contribution in [0.3, 0.4) is 0 Å². The summed E-state index contributed by atoms with van der Waals surface area (Å²) in [6, 6.07) is 7.46. The number of terminal acetylenes is 1. The number of benzene rings is 1. The normalized spacial score (nSPS) is 9.67. The van der Waals surface area contributed by atoms with E-state index >= 15 is 0 Å². The van der Waals surface area contributed by atoms with Gasteiger partial charge in [0.15, 0.2) is 0 Å². The monoisotopic (exact) mass is 158 g/mol. The third-order valence-electron chi connectivity index (χ3n) is 1.37. The van der Waals surface area contributed by atoms with E-state index in [4.69, 9.17) is 11.2 Å². The fourth-order valence-corrected chi connectivity index (χ4v) is 0.830. The van der Waals surface area contributed by atoms with Gasteiger partial charge in [-0.3, -0.25) is 0 Å². The quantitative estimate of drug-likeness (QED) is 0.475. The Balaban J connectivity index is 2.91. The van der Waals surface area contributed by atoms with Crippen LogP contribution in [0, 0.1) is 12.3 Å². The Morgan fingerprint density at radius 2 is 2.17 bits per heavy atom. The molecule has 0 heterocycles. The standard InChI is InChI=1S/C11H10O/c1-3-9-12-11-8-6-5-7-10(11)4-2/h2-3,5-9H,1H3. The van der Waals surface area contributed by atoms with Gasteiger partial charge in [0.1, 0.15) is 5.75 Å². The largest absolute Gasteiger partial charge is 0.464 e. The molecule has 0 aromatic heterocycles. The molecule has 0 fully saturated rings. The fraction of sp³-hybridized carbons (Fsp3) is 0.0909. The highest BCUT2D eigenvalue weighted by atomic mass is 16.5. The average molecular weight is 158 g/mol. The summed E-state index contributed by atoms with van der Waals surface area (Å²) in [6.45, 7) is 1.89. The van der Waals surface area contributed by atoms with Gasteiger partial charge in [0, 0.05) is 0 Å². The zero-order valence-electron chi connectivity index (χ0n) is 6.95. The third kappa shape index (κ3) is 1.90. The molecule has 1 nitrogen and oxygen atoms in total. The molecule has 0 spiro atoms. The number of rotatable bonds is 2. The molecule has 0 aliphatic heterocycles. The lowest BCUT2D eigenvalue weighted by atomic mass is 10.2. The molecule has 1 aromatic carbocycles. The summed E-state index contributed by atoms with van der Waals surface area (Å²) < 4.78 is 5.25. The zero-order chi connectivity index (χ0) is 8.81. The third-order valence-corrected chi connectivity index (χ3v) is 1.37. The Morgan fingerprint density at radius 3 is 2.83 bits per heavy atom. The fourth-order valence-electron chi connectivity index (χ4n) is 0.830. The van der Waals surface area contributed by atoms with E-state index in [1.54, 1.807) is 6.26 Å². The molecular weight excluding hydrogens is 148 g/mol. The van der Waals surface area contributed by atoms with Crippen molar-refractivity contribution < 1.29 is 4.74 Å². The summed E-state index contributed by atoms with van der Waals surface area (Å²) in [6.07, 6.45) is 8.69. The minimum absolute atomic E-state index is 0.720. The number of allylic oxidation sites excluding steroid dienone is 1. The number of hydrogen-bond donors (Lipinski definition) is 0. The van der Waals surface area contributed by atoms with Crippen LogP contribution < -0.4 is 4.74 Å². The van der Waals surface area contributed by atoms with Gasteiger partial charge in [-0.05, 0) is 19.1 Å². The van der Waals surface area contributed by atoms with E-state index in [0.717, 1.165) is 11.3 Å². The molecular formula is C11H10O. The van der Waals surface area contributed by atoms with Gasteiger partial charge in [-0.25, -0.2) is 0 Å². The summed E-state index contributed by atoms with van der Waals surface area (Å²) >= 11 is 0. The summed E-state index contributed by atoms with van der Waals surface area (Å²) in [5.41, 5.74) is 0.774. The molecule has 1 rings (SSSR count). The van der Waals surface area contributed by atoms with Crippen molar-refractivity contribution in [1.82, 2.24) is 0 Å². The Hall–Kier alpha value is -1.68. The van der Waals surface area contributed by atoms with Crippen LogP contribution in [0.5, 0.6) is 5.75 Å². The van der Waals surface area contributed by atoms with E-state index in [0.29, 0.717) is 0 Å². The molecule has 0 saturated heterocycles. The molecule has 0 amide bonds. The lowest BCUT2D eigenvalue weighted by molar-refractivity contribution is 0.479. The highest BCUT2D eigenvalue weighted by molar-refractivity contribution is 5.44. The summed E-state index contributed by atoms with van der Waals surface area (Å²) in [5.74, 6) is 3.27. The lowest BCUT2D eigenvalue weighted by Crippen LogP contribution is -1.85. The van der Waals surface area contributed by atoms with Crippen LogP contribution in [0.1, 0.15) is 12.5 Å². The van der Waals surface area contributed by atoms with E-state index in [1.165, 1.54) is 0 Å². The Labute approximate surface area is 72.7 Å². The van der Waals surface area contributed by atoms with Crippen LogP contribution >= 0.6 is 0 Å². The van der Waals surface area contributed by atoms with E-state index in [2.05, 4.69) is 5.92 Å². The second-order valence-electron chi connectivity index (χ2n) is 2.23. The maximum Gasteiger partial charge on any atom is 0.142 e. The first-order chi connectivity index (χ1) is 5.88. The zero-order valence-corrected chi connectivity index (χ0v) is 6.95. The molecule has 0 radical (unpaired) electrons. The number of para-hydroxylation sites is 1. The summed E-state index contributed by atoms with van der Waals surface area (Å²) in [5, 5.41) is 0. The van der Waals surface area contributed by atoms with Crippen LogP contribution in [-0.4, -0.2) is 0 Å². The molecule has 0 N–H and O–H groups in total. The molecule has 0 bridgehead atoms. The van der Waals surface area contributed by atoms with Crippen LogP contribution in [0.2, 0.25) is 0 Å². The molecule has 0 aliphatic carbocycles. The average Bonchev–Trinajstić information content (AvgIpc) is 2.15. The predicted octanol–water partition coefficient (Wildman–Crippen LogP) is 2.58. The molecule has 1 heteroatoms. The topological polar surface area (TPSA) is 9.23 Å². The predicted molar refractivity (Wildman–Crippen MR) is 49.8 cm³/mol. The molecule has 1 aromatic rings. The summed E-state index contributed by atoms with van der Waals surface area (Å²) in [7, 11) is 0. The molecule has 60 valence electrons. The second kappa shape index (κ2) is 4.25. The first kappa shape index (κ1) is 8.42. The maximum atomic E-state index is 5.27. The highest BCUT2D eigenvalue weighted by Crippen LogP contribution is 2.16. The van der Waals surface area contributed by atoms with Gasteiger partial charge >= 0.3 is 0 Å². The van der Waals surface area contributed by atoms with Crippen LogP contribution in [-0.2, 0) is 0 Å². The van der Waals surface area contributed by atoms with Gasteiger partial charge < -0.3 is 4.74 Å². The minimum Gasteiger partial charge on any atom is -0.464 e. The molecule has 0 saturated carbocycles. The number of ether oxygens (including phenoxy) is 1. The van der Waals surface area contributed by atoms with Crippen molar-refractivity contribution in [3.8, 4) is 18.1 Å². The summed E-state index contributed by atoms with van der Waals surface area (Å²) in [4.78, 5) is 0. The van der Waals surface area contributed by atoms with Crippen molar-refractivity contribution in [2.45, 2.75) is 6.92 Å². The first-order valence-electron chi connectivity index (χ1n) is 3.72. The molecule has 0 aliphatic rings. The minimum atomic E-state index is 0.720. The van der Waals surface area contributed by atoms with Gasteiger partial charge in [-0.15, -0.1) is 6.42 Å². The maximum absolute atomic E-state index is 5.27. The molecule has 12 heavy (non-hydrogen) atoms. The van der Waals surface area contributed by atoms with Gasteiger partial charge in [-0.2, -0.15) is 0 Å². The van der Waals surface area contributed by atoms with Crippen molar-refractivity contribution in [3.63, 3.8) is 0 Å². The van der Waals surface area contributed by atoms with Crippen LogP contribution in [0.15, 0.2) is 36.6 Å². The first-order valence-corrected chi connectivity index (χ1v) is 3.72. The van der Waals surface area contributed by atoms with Crippen molar-refractivity contribution in [2.24, 2.45) is 0 Å². The van der Waals surface area contributed by atoms with E-state index in [-0.39, 0.29) is 0 Å². The van der Waals surface area contributed by atoms with Gasteiger partial charge in [0.25, 0.3) is 0 Å². The smallest absolute Gasteiger partial charge is 0.142 e. The van der Waals surface area contributed by atoms with Gasteiger partial charge in [0.2, 0.25) is 0 Å². The van der Waals surface area contributed by atoms with Crippen molar-refractivity contribution in [2.75, 3.05) is 0 Å². The van der Waals surface area contributed by atoms with E-state index in [9.17, 15) is 0 Å². The van der Waals surface area contributed by atoms with Gasteiger partial charge in [0.05, 0.1) is 11.8 Å². The lowest BCUT2D eigenvalue weighted by Gasteiger charge is -2.01. The molecule has 0 atom stereocenters. The van der Waals surface area contributed by atoms with E-state index in [1.807, 2.05) is 37.3 Å². The highest BCUT2D eigenvalue weighted by Gasteiger charge is 1.95. The van der Waals surface area contributed by atoms with E-state index < -0.39 is 0 Å². The second-order valence-corrected chi connectivity index (χ2v) is 2.23. The SMILES string of the molecule is C#Cc1ccccc1OC=CC. The van der Waals surface area contributed by atoms with Gasteiger partial charge in [-0.1, -0.05) is 24.1 Å². The Morgan fingerprint density at radius 1 is 1.42 bits per heavy atom. The van der Waals surface area contributed by atoms with Crippen LogP contribution in [0.4, 0.5) is 0 Å². The van der Waals surface area contributed by atoms with Crippen LogP contribution in [0.25, 0.3) is 0 Å².